The van der Waals surface area contributed by atoms with Crippen LogP contribution in [0.1, 0.15) is 39.0 Å². The highest BCUT2D eigenvalue weighted by Gasteiger charge is 2.40. The molecule has 2 aliphatic carbocycles. The monoisotopic (exact) mass is 182 g/mol. The number of hydrogen-bond donors (Lipinski definition) is 0. The van der Waals surface area contributed by atoms with Crippen LogP contribution in [0.5, 0.6) is 0 Å². The Bertz CT molecular complexity index is 200. The smallest absolute Gasteiger partial charge is 0.306 e. The van der Waals surface area contributed by atoms with Gasteiger partial charge in [-0.2, -0.15) is 0 Å². The summed E-state index contributed by atoms with van der Waals surface area (Å²) in [5, 5.41) is 0. The molecule has 0 saturated heterocycles. The van der Waals surface area contributed by atoms with Crippen molar-refractivity contribution in [1.29, 1.82) is 0 Å². The molecule has 2 aliphatic rings. The van der Waals surface area contributed by atoms with Gasteiger partial charge in [0.1, 0.15) is 0 Å². The van der Waals surface area contributed by atoms with Crippen molar-refractivity contribution in [3.63, 3.8) is 0 Å². The zero-order chi connectivity index (χ0) is 9.26. The fraction of sp³-hybridized carbons (Fsp3) is 0.909. The van der Waals surface area contributed by atoms with Crippen LogP contribution in [-0.2, 0) is 9.53 Å². The van der Waals surface area contributed by atoms with Crippen molar-refractivity contribution < 1.29 is 9.53 Å². The van der Waals surface area contributed by atoms with E-state index in [1.165, 1.54) is 25.7 Å². The number of carbonyl (C=O) groups excluding carboxylic acids is 1. The third-order valence-corrected chi connectivity index (χ3v) is 3.62. The number of ether oxygens (including phenoxy) is 1. The zero-order valence-electron chi connectivity index (χ0n) is 8.29. The fourth-order valence-corrected chi connectivity index (χ4v) is 3.06. The molecule has 74 valence electrons. The Labute approximate surface area is 79.7 Å². The molecule has 0 aromatic carbocycles. The second kappa shape index (κ2) is 3.69. The molecule has 3 unspecified atom stereocenters. The van der Waals surface area contributed by atoms with Gasteiger partial charge in [0, 0.05) is 6.42 Å². The Morgan fingerprint density at radius 2 is 2.23 bits per heavy atom. The van der Waals surface area contributed by atoms with Crippen LogP contribution in [0.25, 0.3) is 0 Å². The lowest BCUT2D eigenvalue weighted by Gasteiger charge is -2.20. The summed E-state index contributed by atoms with van der Waals surface area (Å²) in [4.78, 5) is 11.3. The van der Waals surface area contributed by atoms with Crippen LogP contribution in [0.2, 0.25) is 0 Å². The van der Waals surface area contributed by atoms with E-state index in [1.54, 1.807) is 0 Å². The SMILES string of the molecule is CCOC(=O)CC1CC2CCC1C2. The minimum atomic E-state index is 0.0139. The number of hydrogen-bond acceptors (Lipinski definition) is 2. The molecule has 0 aliphatic heterocycles. The molecule has 0 radical (unpaired) electrons. The molecule has 2 rings (SSSR count). The summed E-state index contributed by atoms with van der Waals surface area (Å²) in [6.45, 7) is 2.40. The largest absolute Gasteiger partial charge is 0.466 e. The predicted molar refractivity (Wildman–Crippen MR) is 50.2 cm³/mol. The van der Waals surface area contributed by atoms with E-state index in [2.05, 4.69) is 0 Å². The number of esters is 1. The highest BCUT2D eigenvalue weighted by atomic mass is 16.5. The van der Waals surface area contributed by atoms with Crippen LogP contribution in [0.3, 0.4) is 0 Å². The zero-order valence-corrected chi connectivity index (χ0v) is 8.29. The van der Waals surface area contributed by atoms with Crippen molar-refractivity contribution >= 4 is 5.97 Å². The molecule has 0 amide bonds. The topological polar surface area (TPSA) is 26.3 Å². The van der Waals surface area contributed by atoms with Gasteiger partial charge < -0.3 is 4.74 Å². The first-order chi connectivity index (χ1) is 6.29. The normalized spacial score (nSPS) is 36.5. The lowest BCUT2D eigenvalue weighted by molar-refractivity contribution is -0.144. The standard InChI is InChI=1S/C11H18O2/c1-2-13-11(12)7-10-6-8-3-4-9(10)5-8/h8-10H,2-7H2,1H3. The Balaban J connectivity index is 1.79. The molecule has 13 heavy (non-hydrogen) atoms. The van der Waals surface area contributed by atoms with Crippen molar-refractivity contribution in [1.82, 2.24) is 0 Å². The third-order valence-electron chi connectivity index (χ3n) is 3.62. The summed E-state index contributed by atoms with van der Waals surface area (Å²) in [5.41, 5.74) is 0. The van der Waals surface area contributed by atoms with E-state index in [0.29, 0.717) is 18.9 Å². The van der Waals surface area contributed by atoms with Gasteiger partial charge in [0.15, 0.2) is 0 Å². The van der Waals surface area contributed by atoms with Crippen LogP contribution in [-0.4, -0.2) is 12.6 Å². The third kappa shape index (κ3) is 1.87. The van der Waals surface area contributed by atoms with E-state index in [-0.39, 0.29) is 5.97 Å². The first-order valence-corrected chi connectivity index (χ1v) is 5.45. The van der Waals surface area contributed by atoms with E-state index in [4.69, 9.17) is 4.74 Å². The number of carbonyl (C=O) groups is 1. The van der Waals surface area contributed by atoms with E-state index in [0.717, 1.165) is 11.8 Å². The van der Waals surface area contributed by atoms with Crippen molar-refractivity contribution in [3.05, 3.63) is 0 Å². The molecule has 0 heterocycles. The van der Waals surface area contributed by atoms with Gasteiger partial charge in [-0.3, -0.25) is 4.79 Å². The van der Waals surface area contributed by atoms with Gasteiger partial charge in [0.25, 0.3) is 0 Å². The molecule has 2 saturated carbocycles. The quantitative estimate of drug-likeness (QED) is 0.626. The average Bonchev–Trinajstić information content (AvgIpc) is 2.65. The molecule has 2 fully saturated rings. The first-order valence-electron chi connectivity index (χ1n) is 5.45. The molecule has 0 aromatic heterocycles. The van der Waals surface area contributed by atoms with Gasteiger partial charge in [-0.1, -0.05) is 6.42 Å². The second-order valence-corrected chi connectivity index (χ2v) is 4.44. The average molecular weight is 182 g/mol. The molecule has 2 nitrogen and oxygen atoms in total. The van der Waals surface area contributed by atoms with Crippen LogP contribution in [0, 0.1) is 17.8 Å². The summed E-state index contributed by atoms with van der Waals surface area (Å²) in [5.74, 6) is 2.44. The molecular weight excluding hydrogens is 164 g/mol. The lowest BCUT2D eigenvalue weighted by Crippen LogP contribution is -2.16. The van der Waals surface area contributed by atoms with Crippen molar-refractivity contribution in [3.8, 4) is 0 Å². The van der Waals surface area contributed by atoms with Crippen LogP contribution < -0.4 is 0 Å². The second-order valence-electron chi connectivity index (χ2n) is 4.44. The molecule has 2 bridgehead atoms. The number of rotatable bonds is 3. The van der Waals surface area contributed by atoms with E-state index < -0.39 is 0 Å². The summed E-state index contributed by atoms with van der Waals surface area (Å²) in [7, 11) is 0. The maximum Gasteiger partial charge on any atom is 0.306 e. The van der Waals surface area contributed by atoms with Gasteiger partial charge in [-0.05, 0) is 43.9 Å². The summed E-state index contributed by atoms with van der Waals surface area (Å²) in [6.07, 6.45) is 6.10. The Kier molecular flexibility index (Phi) is 2.56. The highest BCUT2D eigenvalue weighted by Crippen LogP contribution is 2.49. The molecular formula is C11H18O2. The Morgan fingerprint density at radius 3 is 2.77 bits per heavy atom. The molecule has 0 spiro atoms. The van der Waals surface area contributed by atoms with Gasteiger partial charge in [-0.15, -0.1) is 0 Å². The molecule has 0 aromatic rings. The molecule has 0 N–H and O–H groups in total. The number of fused-ring (bicyclic) bond motifs is 2. The van der Waals surface area contributed by atoms with Gasteiger partial charge in [0.05, 0.1) is 6.61 Å². The van der Waals surface area contributed by atoms with Crippen molar-refractivity contribution in [2.24, 2.45) is 17.8 Å². The van der Waals surface area contributed by atoms with Gasteiger partial charge in [-0.25, -0.2) is 0 Å². The predicted octanol–water partition coefficient (Wildman–Crippen LogP) is 2.38. The van der Waals surface area contributed by atoms with Gasteiger partial charge >= 0.3 is 5.97 Å². The Morgan fingerprint density at radius 1 is 1.38 bits per heavy atom. The van der Waals surface area contributed by atoms with Gasteiger partial charge in [0.2, 0.25) is 0 Å². The molecule has 3 atom stereocenters. The summed E-state index contributed by atoms with van der Waals surface area (Å²) < 4.78 is 4.97. The van der Waals surface area contributed by atoms with Crippen LogP contribution in [0.4, 0.5) is 0 Å². The van der Waals surface area contributed by atoms with E-state index in [1.807, 2.05) is 6.92 Å². The summed E-state index contributed by atoms with van der Waals surface area (Å²) >= 11 is 0. The maximum atomic E-state index is 11.3. The van der Waals surface area contributed by atoms with Crippen LogP contribution in [0.15, 0.2) is 0 Å². The van der Waals surface area contributed by atoms with E-state index >= 15 is 0 Å². The first kappa shape index (κ1) is 9.04. The van der Waals surface area contributed by atoms with Crippen molar-refractivity contribution in [2.45, 2.75) is 39.0 Å². The Hall–Kier alpha value is -0.530. The van der Waals surface area contributed by atoms with E-state index in [9.17, 15) is 4.79 Å². The minimum Gasteiger partial charge on any atom is -0.466 e. The highest BCUT2D eigenvalue weighted by molar-refractivity contribution is 5.69. The van der Waals surface area contributed by atoms with Crippen molar-refractivity contribution in [2.75, 3.05) is 6.61 Å². The molecule has 2 heteroatoms. The summed E-state index contributed by atoms with van der Waals surface area (Å²) in [6, 6.07) is 0. The maximum absolute atomic E-state index is 11.3. The fourth-order valence-electron chi connectivity index (χ4n) is 3.06. The lowest BCUT2D eigenvalue weighted by atomic mass is 9.86. The minimum absolute atomic E-state index is 0.0139. The van der Waals surface area contributed by atoms with Crippen LogP contribution >= 0.6 is 0 Å².